The number of nitrogens with zero attached hydrogens (tertiary/aromatic N) is 4. The maximum Gasteiger partial charge on any atom is 0.294 e. The molecular weight excluding hydrogens is 370 g/mol. The van der Waals surface area contributed by atoms with Gasteiger partial charge in [0.05, 0.1) is 26.9 Å². The third-order valence-electron chi connectivity index (χ3n) is 4.89. The Balaban J connectivity index is 1.99. The highest BCUT2D eigenvalue weighted by Gasteiger charge is 2.29. The molecule has 10 heteroatoms. The molecule has 1 aliphatic rings. The number of rotatable bonds is 5. The molecule has 1 saturated heterocycles. The number of nitrogens with one attached hydrogen (secondary N) is 1. The summed E-state index contributed by atoms with van der Waals surface area (Å²) in [5.41, 5.74) is 2.15. The topological polar surface area (TPSA) is 110 Å². The summed E-state index contributed by atoms with van der Waals surface area (Å²) in [5, 5.41) is 18.9. The fourth-order valence-electron chi connectivity index (χ4n) is 3.27. The number of hydrogen-bond acceptors (Lipinski definition) is 6. The van der Waals surface area contributed by atoms with Crippen molar-refractivity contribution >= 4 is 27.1 Å². The second kappa shape index (κ2) is 7.28. The van der Waals surface area contributed by atoms with Crippen molar-refractivity contribution in [2.75, 3.05) is 18.4 Å². The molecule has 1 fully saturated rings. The Hall–Kier alpha value is -2.46. The Morgan fingerprint density at radius 2 is 1.85 bits per heavy atom. The van der Waals surface area contributed by atoms with Crippen molar-refractivity contribution in [2.45, 2.75) is 38.0 Å². The average molecular weight is 393 g/mol. The first kappa shape index (κ1) is 19.3. The van der Waals surface area contributed by atoms with Crippen molar-refractivity contribution in [1.82, 2.24) is 14.1 Å². The Morgan fingerprint density at radius 3 is 2.41 bits per heavy atom. The van der Waals surface area contributed by atoms with Crippen LogP contribution in [0.4, 0.5) is 17.1 Å². The molecule has 1 N–H and O–H groups in total. The van der Waals surface area contributed by atoms with Crippen LogP contribution in [-0.4, -0.2) is 40.5 Å². The molecule has 0 aliphatic carbocycles. The van der Waals surface area contributed by atoms with E-state index in [9.17, 15) is 18.5 Å². The Bertz CT molecular complexity index is 977. The van der Waals surface area contributed by atoms with Gasteiger partial charge in [-0.05, 0) is 38.8 Å². The monoisotopic (exact) mass is 393 g/mol. The van der Waals surface area contributed by atoms with Gasteiger partial charge in [-0.1, -0.05) is 6.42 Å². The third-order valence-corrected chi connectivity index (χ3v) is 6.78. The van der Waals surface area contributed by atoms with Crippen LogP contribution in [0.1, 0.15) is 30.7 Å². The molecule has 0 atom stereocenters. The number of hydrogen-bond donors (Lipinski definition) is 1. The number of nitro groups is 1. The predicted octanol–water partition coefficient (Wildman–Crippen LogP) is 2.86. The second-order valence-electron chi connectivity index (χ2n) is 6.70. The molecule has 1 aromatic carbocycles. The van der Waals surface area contributed by atoms with Gasteiger partial charge < -0.3 is 5.32 Å². The van der Waals surface area contributed by atoms with Crippen molar-refractivity contribution in [3.05, 3.63) is 39.7 Å². The summed E-state index contributed by atoms with van der Waals surface area (Å²) in [5.74, 6) is 0. The van der Waals surface area contributed by atoms with E-state index in [0.29, 0.717) is 24.5 Å². The van der Waals surface area contributed by atoms with Crippen molar-refractivity contribution in [3.63, 3.8) is 0 Å². The highest BCUT2D eigenvalue weighted by atomic mass is 32.2. The van der Waals surface area contributed by atoms with Gasteiger partial charge in [0.25, 0.3) is 5.69 Å². The summed E-state index contributed by atoms with van der Waals surface area (Å²) in [6.07, 6.45) is 2.61. The smallest absolute Gasteiger partial charge is 0.294 e. The standard InChI is InChI=1S/C17H23N5O4S/c1-12-17(13(2)20(3)19-12)18-15-8-7-14(11-16(15)22(23)24)27(25,26)21-9-5-4-6-10-21/h7-8,11,18H,4-6,9-10H2,1-3H3. The van der Waals surface area contributed by atoms with Crippen LogP contribution in [0, 0.1) is 24.0 Å². The van der Waals surface area contributed by atoms with Crippen LogP contribution in [0.5, 0.6) is 0 Å². The number of piperidine rings is 1. The molecule has 9 nitrogen and oxygen atoms in total. The van der Waals surface area contributed by atoms with Gasteiger partial charge in [-0.3, -0.25) is 14.8 Å². The first-order valence-corrected chi connectivity index (χ1v) is 10.2. The van der Waals surface area contributed by atoms with Crippen LogP contribution < -0.4 is 5.32 Å². The van der Waals surface area contributed by atoms with Crippen LogP contribution in [0.15, 0.2) is 23.1 Å². The van der Waals surface area contributed by atoms with E-state index in [2.05, 4.69) is 10.4 Å². The summed E-state index contributed by atoms with van der Waals surface area (Å²) < 4.78 is 28.7. The quantitative estimate of drug-likeness (QED) is 0.618. The minimum absolute atomic E-state index is 0.0544. The van der Waals surface area contributed by atoms with E-state index in [1.54, 1.807) is 18.7 Å². The SMILES string of the molecule is Cc1nn(C)c(C)c1Nc1ccc(S(=O)(=O)N2CCCCC2)cc1[N+](=O)[O-]. The zero-order valence-electron chi connectivity index (χ0n) is 15.6. The van der Waals surface area contributed by atoms with Crippen LogP contribution in [0.25, 0.3) is 0 Å². The number of benzene rings is 1. The van der Waals surface area contributed by atoms with E-state index in [1.165, 1.54) is 16.4 Å². The van der Waals surface area contributed by atoms with Crippen LogP contribution in [-0.2, 0) is 17.1 Å². The fraction of sp³-hybridized carbons (Fsp3) is 0.471. The number of aryl methyl sites for hydroxylation is 2. The maximum absolute atomic E-state index is 12.8. The maximum atomic E-state index is 12.8. The molecule has 3 rings (SSSR count). The molecular formula is C17H23N5O4S. The average Bonchev–Trinajstić information content (AvgIpc) is 2.88. The highest BCUT2D eigenvalue weighted by Crippen LogP contribution is 2.33. The summed E-state index contributed by atoms with van der Waals surface area (Å²) in [6, 6.07) is 3.99. The summed E-state index contributed by atoms with van der Waals surface area (Å²) in [7, 11) is -1.95. The van der Waals surface area contributed by atoms with Crippen LogP contribution in [0.3, 0.4) is 0 Å². The minimum Gasteiger partial charge on any atom is -0.347 e. The largest absolute Gasteiger partial charge is 0.347 e. The normalized spacial score (nSPS) is 15.7. The third kappa shape index (κ3) is 3.67. The van der Waals surface area contributed by atoms with Crippen LogP contribution >= 0.6 is 0 Å². The number of nitro benzene ring substituents is 1. The highest BCUT2D eigenvalue weighted by molar-refractivity contribution is 7.89. The molecule has 0 unspecified atom stereocenters. The van der Waals surface area contributed by atoms with Crippen molar-refractivity contribution in [3.8, 4) is 0 Å². The van der Waals surface area contributed by atoms with Gasteiger partial charge in [0.2, 0.25) is 10.0 Å². The van der Waals surface area contributed by atoms with Crippen molar-refractivity contribution < 1.29 is 13.3 Å². The molecule has 27 heavy (non-hydrogen) atoms. The van der Waals surface area contributed by atoms with Gasteiger partial charge in [0.1, 0.15) is 5.69 Å². The molecule has 1 aliphatic heterocycles. The van der Waals surface area contributed by atoms with Crippen LogP contribution in [0.2, 0.25) is 0 Å². The lowest BCUT2D eigenvalue weighted by molar-refractivity contribution is -0.384. The van der Waals surface area contributed by atoms with E-state index in [-0.39, 0.29) is 16.3 Å². The number of aromatic nitrogens is 2. The molecule has 0 bridgehead atoms. The lowest BCUT2D eigenvalue weighted by Gasteiger charge is -2.25. The van der Waals surface area contributed by atoms with E-state index in [1.807, 2.05) is 6.92 Å². The van der Waals surface area contributed by atoms with Gasteiger partial charge >= 0.3 is 0 Å². The van der Waals surface area contributed by atoms with E-state index >= 15 is 0 Å². The lowest BCUT2D eigenvalue weighted by Crippen LogP contribution is -2.35. The minimum atomic E-state index is -3.74. The Kier molecular flexibility index (Phi) is 5.20. The molecule has 2 aromatic rings. The van der Waals surface area contributed by atoms with Gasteiger partial charge in [-0.25, -0.2) is 8.42 Å². The lowest BCUT2D eigenvalue weighted by atomic mass is 10.2. The molecule has 0 amide bonds. The van der Waals surface area contributed by atoms with Gasteiger partial charge in [-0.2, -0.15) is 9.40 Å². The fourth-order valence-corrected chi connectivity index (χ4v) is 4.81. The molecule has 2 heterocycles. The predicted molar refractivity (Wildman–Crippen MR) is 102 cm³/mol. The van der Waals surface area contributed by atoms with Crippen molar-refractivity contribution in [2.24, 2.45) is 7.05 Å². The molecule has 1 aromatic heterocycles. The molecule has 0 radical (unpaired) electrons. The Morgan fingerprint density at radius 1 is 1.19 bits per heavy atom. The number of sulfonamides is 1. The first-order valence-electron chi connectivity index (χ1n) is 8.77. The number of anilines is 2. The van der Waals surface area contributed by atoms with Gasteiger partial charge in [-0.15, -0.1) is 0 Å². The molecule has 146 valence electrons. The summed E-state index contributed by atoms with van der Waals surface area (Å²) >= 11 is 0. The van der Waals surface area contributed by atoms with E-state index in [0.717, 1.165) is 31.0 Å². The van der Waals surface area contributed by atoms with E-state index in [4.69, 9.17) is 0 Å². The van der Waals surface area contributed by atoms with Gasteiger partial charge in [0, 0.05) is 26.2 Å². The Labute approximate surface area is 158 Å². The van der Waals surface area contributed by atoms with Crippen molar-refractivity contribution in [1.29, 1.82) is 0 Å². The summed E-state index contributed by atoms with van der Waals surface area (Å²) in [6.45, 7) is 4.55. The zero-order valence-corrected chi connectivity index (χ0v) is 16.4. The first-order chi connectivity index (χ1) is 12.7. The second-order valence-corrected chi connectivity index (χ2v) is 8.63. The molecule has 0 spiro atoms. The molecule has 0 saturated carbocycles. The van der Waals surface area contributed by atoms with E-state index < -0.39 is 14.9 Å². The summed E-state index contributed by atoms with van der Waals surface area (Å²) in [4.78, 5) is 11.0. The van der Waals surface area contributed by atoms with Gasteiger partial charge in [0.15, 0.2) is 0 Å². The zero-order chi connectivity index (χ0) is 19.8.